The van der Waals surface area contributed by atoms with E-state index in [0.29, 0.717) is 25.9 Å². The number of benzene rings is 2. The fraction of sp³-hybridized carbons (Fsp3) is 0.500. The zero-order chi connectivity index (χ0) is 24.4. The van der Waals surface area contributed by atoms with Crippen molar-refractivity contribution in [2.75, 3.05) is 6.54 Å². The normalized spacial score (nSPS) is 12.3. The summed E-state index contributed by atoms with van der Waals surface area (Å²) in [4.78, 5) is 25.5. The van der Waals surface area contributed by atoms with E-state index >= 15 is 0 Å². The summed E-state index contributed by atoms with van der Waals surface area (Å²) in [5.41, 5.74) is 4.10. The van der Waals surface area contributed by atoms with Gasteiger partial charge >= 0.3 is 12.1 Å². The number of aliphatic carboxylic acids is 1. The quantitative estimate of drug-likeness (QED) is 0.400. The van der Waals surface area contributed by atoms with Crippen LogP contribution in [0.5, 0.6) is 0 Å². The molecule has 0 spiro atoms. The Balaban J connectivity index is 2.06. The minimum absolute atomic E-state index is 0.378. The van der Waals surface area contributed by atoms with Crippen molar-refractivity contribution in [3.8, 4) is 11.1 Å². The van der Waals surface area contributed by atoms with Crippen LogP contribution in [0.25, 0.3) is 11.1 Å². The van der Waals surface area contributed by atoms with Crippen molar-refractivity contribution in [2.24, 2.45) is 5.92 Å². The second-order valence-electron chi connectivity index (χ2n) is 9.78. The fourth-order valence-electron chi connectivity index (χ4n) is 3.54. The van der Waals surface area contributed by atoms with Gasteiger partial charge < -0.3 is 14.7 Å². The van der Waals surface area contributed by atoms with Gasteiger partial charge in [-0.25, -0.2) is 4.79 Å². The molecule has 0 aliphatic carbocycles. The predicted molar refractivity (Wildman–Crippen MR) is 133 cm³/mol. The van der Waals surface area contributed by atoms with E-state index < -0.39 is 17.5 Å². The first-order chi connectivity index (χ1) is 15.6. The Morgan fingerprint density at radius 3 is 1.97 bits per heavy atom. The Hall–Kier alpha value is -2.82. The van der Waals surface area contributed by atoms with Crippen molar-refractivity contribution in [1.29, 1.82) is 0 Å². The maximum atomic E-state index is 12.8. The molecule has 5 nitrogen and oxygen atoms in total. The third-order valence-electron chi connectivity index (χ3n) is 5.57. The van der Waals surface area contributed by atoms with Gasteiger partial charge in [-0.05, 0) is 68.7 Å². The molecular formula is C28H39NO4. The summed E-state index contributed by atoms with van der Waals surface area (Å²) < 4.78 is 5.58. The standard InChI is InChI=1S/C28H39NO4/c1-6-7-10-22-11-15-24(16-12-22)25-17-13-23(14-18-25)20-29(27(32)33-28(3,4)5)19-8-9-21(2)26(30)31/h11-18,21H,6-10,19-20H2,1-5H3,(H,30,31)/t21-/m0/s1. The van der Waals surface area contributed by atoms with Crippen LogP contribution in [-0.4, -0.2) is 34.2 Å². The van der Waals surface area contributed by atoms with Gasteiger partial charge in [0, 0.05) is 13.1 Å². The fourth-order valence-corrected chi connectivity index (χ4v) is 3.54. The maximum Gasteiger partial charge on any atom is 0.410 e. The lowest BCUT2D eigenvalue weighted by Gasteiger charge is -2.28. The molecule has 1 N–H and O–H groups in total. The number of aryl methyl sites for hydroxylation is 1. The smallest absolute Gasteiger partial charge is 0.410 e. The Labute approximate surface area is 198 Å². The molecule has 2 aromatic rings. The predicted octanol–water partition coefficient (Wildman–Crippen LogP) is 6.93. The number of carbonyl (C=O) groups is 2. The van der Waals surface area contributed by atoms with Crippen molar-refractivity contribution in [3.63, 3.8) is 0 Å². The number of carboxylic acid groups (broad SMARTS) is 1. The van der Waals surface area contributed by atoms with E-state index in [1.807, 2.05) is 32.9 Å². The number of unbranched alkanes of at least 4 members (excludes halogenated alkanes) is 1. The number of nitrogens with zero attached hydrogens (tertiary/aromatic N) is 1. The average Bonchev–Trinajstić information content (AvgIpc) is 2.76. The third-order valence-corrected chi connectivity index (χ3v) is 5.57. The molecule has 0 heterocycles. The van der Waals surface area contributed by atoms with Gasteiger partial charge in [0.05, 0.1) is 5.92 Å². The van der Waals surface area contributed by atoms with Crippen LogP contribution in [0.2, 0.25) is 0 Å². The average molecular weight is 454 g/mol. The number of rotatable bonds is 11. The molecule has 1 amide bonds. The monoisotopic (exact) mass is 453 g/mol. The molecule has 0 aliphatic rings. The third kappa shape index (κ3) is 9.29. The second kappa shape index (κ2) is 12.4. The molecule has 0 aromatic heterocycles. The summed E-state index contributed by atoms with van der Waals surface area (Å²) in [6.45, 7) is 10.3. The van der Waals surface area contributed by atoms with Crippen LogP contribution in [0.1, 0.15) is 71.4 Å². The van der Waals surface area contributed by atoms with Crippen LogP contribution >= 0.6 is 0 Å². The molecule has 0 unspecified atom stereocenters. The van der Waals surface area contributed by atoms with Crippen LogP contribution in [-0.2, 0) is 22.5 Å². The number of amides is 1. The number of carboxylic acids is 1. The highest BCUT2D eigenvalue weighted by Crippen LogP contribution is 2.22. The number of hydrogen-bond donors (Lipinski definition) is 1. The minimum atomic E-state index is -0.812. The van der Waals surface area contributed by atoms with Crippen LogP contribution in [0.15, 0.2) is 48.5 Å². The summed E-state index contributed by atoms with van der Waals surface area (Å²) in [7, 11) is 0. The van der Waals surface area contributed by atoms with E-state index in [-0.39, 0.29) is 6.09 Å². The Bertz CT molecular complexity index is 882. The van der Waals surface area contributed by atoms with Gasteiger partial charge in [-0.3, -0.25) is 4.79 Å². The lowest BCUT2D eigenvalue weighted by molar-refractivity contribution is -0.141. The van der Waals surface area contributed by atoms with Crippen molar-refractivity contribution >= 4 is 12.1 Å². The molecule has 2 aromatic carbocycles. The summed E-state index contributed by atoms with van der Waals surface area (Å²) in [6, 6.07) is 17.0. The van der Waals surface area contributed by atoms with Crippen LogP contribution < -0.4 is 0 Å². The van der Waals surface area contributed by atoms with Crippen molar-refractivity contribution in [1.82, 2.24) is 4.90 Å². The van der Waals surface area contributed by atoms with Gasteiger partial charge in [0.2, 0.25) is 0 Å². The molecule has 2 rings (SSSR count). The topological polar surface area (TPSA) is 66.8 Å². The highest BCUT2D eigenvalue weighted by Gasteiger charge is 2.23. The molecular weight excluding hydrogens is 414 g/mol. The summed E-state index contributed by atoms with van der Waals surface area (Å²) in [5, 5.41) is 9.11. The number of hydrogen-bond acceptors (Lipinski definition) is 3. The molecule has 5 heteroatoms. The molecule has 0 radical (unpaired) electrons. The Morgan fingerprint density at radius 1 is 0.939 bits per heavy atom. The van der Waals surface area contributed by atoms with Crippen LogP contribution in [0.4, 0.5) is 4.79 Å². The van der Waals surface area contributed by atoms with Gasteiger partial charge in [0.1, 0.15) is 5.60 Å². The summed E-state index contributed by atoms with van der Waals surface area (Å²) >= 11 is 0. The zero-order valence-corrected chi connectivity index (χ0v) is 20.8. The lowest BCUT2D eigenvalue weighted by atomic mass is 10.0. The van der Waals surface area contributed by atoms with E-state index in [2.05, 4.69) is 43.3 Å². The zero-order valence-electron chi connectivity index (χ0n) is 20.8. The summed E-state index contributed by atoms with van der Waals surface area (Å²) in [6.07, 6.45) is 4.26. The van der Waals surface area contributed by atoms with Crippen molar-refractivity contribution in [2.45, 2.75) is 78.9 Å². The highest BCUT2D eigenvalue weighted by molar-refractivity contribution is 5.70. The van der Waals surface area contributed by atoms with Crippen LogP contribution in [0, 0.1) is 5.92 Å². The largest absolute Gasteiger partial charge is 0.481 e. The molecule has 0 saturated heterocycles. The second-order valence-corrected chi connectivity index (χ2v) is 9.78. The SMILES string of the molecule is CCCCc1ccc(-c2ccc(CN(CCC[C@H](C)C(=O)O)C(=O)OC(C)(C)C)cc2)cc1. The van der Waals surface area contributed by atoms with Gasteiger partial charge in [-0.1, -0.05) is 68.8 Å². The molecule has 1 atom stereocenters. The number of ether oxygens (including phenoxy) is 1. The molecule has 180 valence electrons. The number of carbonyl (C=O) groups excluding carboxylic acids is 1. The molecule has 0 aliphatic heterocycles. The van der Waals surface area contributed by atoms with E-state index in [4.69, 9.17) is 9.84 Å². The van der Waals surface area contributed by atoms with E-state index in [0.717, 1.165) is 17.5 Å². The van der Waals surface area contributed by atoms with Gasteiger partial charge in [-0.2, -0.15) is 0 Å². The van der Waals surface area contributed by atoms with Gasteiger partial charge in [0.25, 0.3) is 0 Å². The van der Waals surface area contributed by atoms with Crippen molar-refractivity contribution < 1.29 is 19.4 Å². The first kappa shape index (κ1) is 26.4. The highest BCUT2D eigenvalue weighted by atomic mass is 16.6. The first-order valence-corrected chi connectivity index (χ1v) is 12.0. The van der Waals surface area contributed by atoms with Crippen LogP contribution in [0.3, 0.4) is 0 Å². The molecule has 0 bridgehead atoms. The first-order valence-electron chi connectivity index (χ1n) is 12.0. The van der Waals surface area contributed by atoms with E-state index in [1.54, 1.807) is 11.8 Å². The Morgan fingerprint density at radius 2 is 1.48 bits per heavy atom. The van der Waals surface area contributed by atoms with Gasteiger partial charge in [0.15, 0.2) is 0 Å². The van der Waals surface area contributed by atoms with E-state index in [9.17, 15) is 9.59 Å². The Kier molecular flexibility index (Phi) is 9.95. The molecule has 0 saturated carbocycles. The minimum Gasteiger partial charge on any atom is -0.481 e. The molecule has 0 fully saturated rings. The molecule has 33 heavy (non-hydrogen) atoms. The van der Waals surface area contributed by atoms with E-state index in [1.165, 1.54) is 24.0 Å². The maximum absolute atomic E-state index is 12.8. The lowest BCUT2D eigenvalue weighted by Crippen LogP contribution is -2.37. The van der Waals surface area contributed by atoms with Crippen molar-refractivity contribution in [3.05, 3.63) is 59.7 Å². The summed E-state index contributed by atoms with van der Waals surface area (Å²) in [5.74, 6) is -1.24. The van der Waals surface area contributed by atoms with Gasteiger partial charge in [-0.15, -0.1) is 0 Å².